The molecule has 0 saturated heterocycles. The molecule has 0 heterocycles. The molecule has 0 spiro atoms. The van der Waals surface area contributed by atoms with Gasteiger partial charge in [-0.05, 0) is 84.3 Å². The van der Waals surface area contributed by atoms with Crippen molar-refractivity contribution in [2.75, 3.05) is 11.5 Å². The number of rotatable bonds is 6. The summed E-state index contributed by atoms with van der Waals surface area (Å²) in [5.74, 6) is 3.29. The van der Waals surface area contributed by atoms with Gasteiger partial charge in [-0.3, -0.25) is 0 Å². The molecule has 4 aromatic carbocycles. The smallest absolute Gasteiger partial charge is 0.134 e. The summed E-state index contributed by atoms with van der Waals surface area (Å²) in [7, 11) is 0. The second kappa shape index (κ2) is 10.7. The average molecular weight is 523 g/mol. The van der Waals surface area contributed by atoms with Gasteiger partial charge in [-0.25, -0.2) is 0 Å². The van der Waals surface area contributed by atoms with E-state index in [9.17, 15) is 0 Å². The average Bonchev–Trinajstić information content (AvgIpc) is 2.83. The Kier molecular flexibility index (Phi) is 7.70. The molecule has 0 aliphatic rings. The number of nitrogens with two attached hydrogens (primary N) is 2. The molecule has 204 valence electrons. The van der Waals surface area contributed by atoms with Gasteiger partial charge in [0.2, 0.25) is 0 Å². The molecule has 4 heteroatoms. The summed E-state index contributed by atoms with van der Waals surface area (Å²) < 4.78 is 13.3. The summed E-state index contributed by atoms with van der Waals surface area (Å²) >= 11 is 0. The highest BCUT2D eigenvalue weighted by atomic mass is 16.5. The lowest BCUT2D eigenvalue weighted by atomic mass is 9.81. The van der Waals surface area contributed by atoms with Crippen LogP contribution in [0.2, 0.25) is 0 Å². The summed E-state index contributed by atoms with van der Waals surface area (Å²) in [6.45, 7) is 17.6. The summed E-state index contributed by atoms with van der Waals surface area (Å²) in [4.78, 5) is 0. The zero-order valence-corrected chi connectivity index (χ0v) is 24.6. The van der Waals surface area contributed by atoms with Crippen LogP contribution in [0.4, 0.5) is 11.4 Å². The van der Waals surface area contributed by atoms with Crippen LogP contribution in [0.25, 0.3) is 0 Å². The third kappa shape index (κ3) is 6.75. The maximum atomic E-state index is 6.64. The summed E-state index contributed by atoms with van der Waals surface area (Å²) in [5, 5.41) is 0. The van der Waals surface area contributed by atoms with Crippen molar-refractivity contribution < 1.29 is 9.47 Å². The Balaban J connectivity index is 1.90. The number of hydrogen-bond donors (Lipinski definition) is 2. The van der Waals surface area contributed by atoms with Crippen LogP contribution in [0.1, 0.15) is 74.9 Å². The highest BCUT2D eigenvalue weighted by Gasteiger charge is 2.26. The van der Waals surface area contributed by atoms with Gasteiger partial charge in [0.15, 0.2) is 0 Å². The van der Waals surface area contributed by atoms with Crippen molar-refractivity contribution in [3.63, 3.8) is 0 Å². The molecule has 4 aromatic rings. The maximum Gasteiger partial charge on any atom is 0.134 e. The quantitative estimate of drug-likeness (QED) is 0.248. The van der Waals surface area contributed by atoms with Crippen LogP contribution in [0.3, 0.4) is 0 Å². The Morgan fingerprint density at radius 3 is 1.18 bits per heavy atom. The van der Waals surface area contributed by atoms with Crippen LogP contribution in [0.5, 0.6) is 23.0 Å². The van der Waals surface area contributed by atoms with Crippen LogP contribution in [-0.4, -0.2) is 0 Å². The van der Waals surface area contributed by atoms with Gasteiger partial charge in [-0.1, -0.05) is 76.9 Å². The van der Waals surface area contributed by atoms with E-state index < -0.39 is 0 Å². The van der Waals surface area contributed by atoms with Crippen molar-refractivity contribution in [3.8, 4) is 23.0 Å². The number of benzene rings is 4. The van der Waals surface area contributed by atoms with Crippen LogP contribution < -0.4 is 20.9 Å². The van der Waals surface area contributed by atoms with Gasteiger partial charge in [0.25, 0.3) is 0 Å². The minimum Gasteiger partial charge on any atom is -0.457 e. The van der Waals surface area contributed by atoms with Crippen molar-refractivity contribution in [1.82, 2.24) is 0 Å². The highest BCUT2D eigenvalue weighted by Crippen LogP contribution is 2.43. The molecule has 0 bridgehead atoms. The van der Waals surface area contributed by atoms with E-state index in [0.717, 1.165) is 34.1 Å². The number of ether oxygens (including phenoxy) is 2. The fourth-order valence-electron chi connectivity index (χ4n) is 4.83. The van der Waals surface area contributed by atoms with Crippen molar-refractivity contribution in [1.29, 1.82) is 0 Å². The second-order valence-electron chi connectivity index (χ2n) is 12.6. The lowest BCUT2D eigenvalue weighted by Crippen LogP contribution is -2.16. The monoisotopic (exact) mass is 522 g/mol. The normalized spacial score (nSPS) is 11.9. The first-order valence-corrected chi connectivity index (χ1v) is 13.6. The number of aryl methyl sites for hydroxylation is 2. The summed E-state index contributed by atoms with van der Waals surface area (Å²) in [6.07, 6.45) is 0.657. The van der Waals surface area contributed by atoms with Gasteiger partial charge < -0.3 is 20.9 Å². The number of anilines is 2. The van der Waals surface area contributed by atoms with Crippen molar-refractivity contribution in [2.24, 2.45) is 0 Å². The summed E-state index contributed by atoms with van der Waals surface area (Å²) in [5.41, 5.74) is 20.0. The van der Waals surface area contributed by atoms with Gasteiger partial charge in [0.05, 0.1) is 0 Å². The fraction of sp³-hybridized carbons (Fsp3) is 0.314. The Morgan fingerprint density at radius 1 is 0.538 bits per heavy atom. The van der Waals surface area contributed by atoms with E-state index in [-0.39, 0.29) is 10.8 Å². The van der Waals surface area contributed by atoms with E-state index >= 15 is 0 Å². The summed E-state index contributed by atoms with van der Waals surface area (Å²) in [6, 6.07) is 24.1. The molecule has 0 unspecified atom stereocenters. The van der Waals surface area contributed by atoms with Gasteiger partial charge >= 0.3 is 0 Å². The Labute approximate surface area is 234 Å². The third-order valence-corrected chi connectivity index (χ3v) is 6.82. The van der Waals surface area contributed by atoms with Gasteiger partial charge in [-0.15, -0.1) is 0 Å². The van der Waals surface area contributed by atoms with E-state index in [0.29, 0.717) is 17.8 Å². The number of nitrogen functional groups attached to an aromatic ring is 2. The SMILES string of the molecule is Cc1cc(Cc2cc(C)cc(C(C)(C)C)c2Oc2ccc(N)cc2)c(Oc2ccc(N)cc2)c(C(C)(C)C)c1. The highest BCUT2D eigenvalue weighted by molar-refractivity contribution is 5.56. The van der Waals surface area contributed by atoms with E-state index in [2.05, 4.69) is 79.7 Å². The predicted octanol–water partition coefficient (Wildman–Crippen LogP) is 9.24. The number of hydrogen-bond acceptors (Lipinski definition) is 4. The van der Waals surface area contributed by atoms with Gasteiger partial charge in [0.1, 0.15) is 23.0 Å². The zero-order chi connectivity index (χ0) is 28.5. The minimum atomic E-state index is -0.115. The molecule has 0 atom stereocenters. The lowest BCUT2D eigenvalue weighted by molar-refractivity contribution is 0.444. The molecule has 4 N–H and O–H groups in total. The van der Waals surface area contributed by atoms with Crippen molar-refractivity contribution in [3.05, 3.63) is 106 Å². The van der Waals surface area contributed by atoms with E-state index in [4.69, 9.17) is 20.9 Å². The molecule has 0 aromatic heterocycles. The minimum absolute atomic E-state index is 0.115. The molecular formula is C35H42N2O2. The third-order valence-electron chi connectivity index (χ3n) is 6.82. The largest absolute Gasteiger partial charge is 0.457 e. The second-order valence-corrected chi connectivity index (χ2v) is 12.6. The van der Waals surface area contributed by atoms with Crippen LogP contribution >= 0.6 is 0 Å². The molecule has 4 nitrogen and oxygen atoms in total. The fourth-order valence-corrected chi connectivity index (χ4v) is 4.83. The van der Waals surface area contributed by atoms with Crippen LogP contribution in [-0.2, 0) is 17.3 Å². The maximum absolute atomic E-state index is 6.64. The van der Waals surface area contributed by atoms with E-state index in [1.165, 1.54) is 22.3 Å². The lowest BCUT2D eigenvalue weighted by Gasteiger charge is -2.28. The first-order chi connectivity index (χ1) is 18.2. The zero-order valence-electron chi connectivity index (χ0n) is 24.6. The molecule has 0 aliphatic carbocycles. The predicted molar refractivity (Wildman–Crippen MR) is 164 cm³/mol. The topological polar surface area (TPSA) is 70.5 Å². The molecule has 0 fully saturated rings. The van der Waals surface area contributed by atoms with E-state index in [1.54, 1.807) is 0 Å². The standard InChI is InChI=1S/C35H42N2O2/c1-22-17-24(32(30(19-22)34(3,4)5)38-28-13-9-26(36)10-14-28)21-25-18-23(2)20-31(35(6,7)8)33(25)39-29-15-11-27(37)12-16-29/h9-20H,21,36-37H2,1-8H3. The van der Waals surface area contributed by atoms with Crippen LogP contribution in [0, 0.1) is 13.8 Å². The molecule has 0 saturated carbocycles. The van der Waals surface area contributed by atoms with E-state index in [1.807, 2.05) is 48.5 Å². The Hall–Kier alpha value is -3.92. The van der Waals surface area contributed by atoms with Gasteiger partial charge in [-0.2, -0.15) is 0 Å². The van der Waals surface area contributed by atoms with Crippen LogP contribution in [0.15, 0.2) is 72.8 Å². The first-order valence-electron chi connectivity index (χ1n) is 13.6. The molecule has 39 heavy (non-hydrogen) atoms. The molecule has 0 aliphatic heterocycles. The van der Waals surface area contributed by atoms with Crippen molar-refractivity contribution in [2.45, 2.75) is 72.6 Å². The Bertz CT molecular complexity index is 1340. The molecule has 0 radical (unpaired) electrons. The molecule has 0 amide bonds. The van der Waals surface area contributed by atoms with Crippen molar-refractivity contribution >= 4 is 11.4 Å². The van der Waals surface area contributed by atoms with Gasteiger partial charge in [0, 0.05) is 28.9 Å². The molecular weight excluding hydrogens is 480 g/mol. The molecule has 4 rings (SSSR count). The Morgan fingerprint density at radius 2 is 0.872 bits per heavy atom. The first kappa shape index (κ1) is 28.1.